The van der Waals surface area contributed by atoms with Crippen molar-refractivity contribution in [2.75, 3.05) is 13.6 Å². The molecule has 0 spiro atoms. The van der Waals surface area contributed by atoms with Crippen molar-refractivity contribution in [3.8, 4) is 0 Å². The van der Waals surface area contributed by atoms with Crippen molar-refractivity contribution in [3.63, 3.8) is 0 Å². The fourth-order valence-corrected chi connectivity index (χ4v) is 1.73. The van der Waals surface area contributed by atoms with Crippen LogP contribution in [-0.4, -0.2) is 48.7 Å². The van der Waals surface area contributed by atoms with E-state index in [2.05, 4.69) is 44.4 Å². The standard InChI is InChI=1S/C11H17N7/c1-10(11-4-5-12-8-13-11)17(2)6-3-7-18-9-14-15-16-18/h4-5,8-10H,3,6-7H2,1-2H3/t10-/m1/s1. The first-order valence-electron chi connectivity index (χ1n) is 5.94. The topological polar surface area (TPSA) is 72.6 Å². The molecule has 0 amide bonds. The van der Waals surface area contributed by atoms with E-state index in [4.69, 9.17) is 0 Å². The monoisotopic (exact) mass is 247 g/mol. The summed E-state index contributed by atoms with van der Waals surface area (Å²) < 4.78 is 1.74. The third-order valence-electron chi connectivity index (χ3n) is 2.98. The van der Waals surface area contributed by atoms with Crippen LogP contribution in [0.5, 0.6) is 0 Å². The Balaban J connectivity index is 1.79. The molecule has 18 heavy (non-hydrogen) atoms. The third-order valence-corrected chi connectivity index (χ3v) is 2.98. The third kappa shape index (κ3) is 3.30. The van der Waals surface area contributed by atoms with Crippen LogP contribution < -0.4 is 0 Å². The minimum Gasteiger partial charge on any atom is -0.298 e. The van der Waals surface area contributed by atoms with Gasteiger partial charge in [0.25, 0.3) is 0 Å². The summed E-state index contributed by atoms with van der Waals surface area (Å²) in [5, 5.41) is 11.0. The molecule has 2 aromatic heterocycles. The maximum atomic E-state index is 4.27. The van der Waals surface area contributed by atoms with Crippen LogP contribution in [0.3, 0.4) is 0 Å². The lowest BCUT2D eigenvalue weighted by molar-refractivity contribution is 0.247. The maximum Gasteiger partial charge on any atom is 0.138 e. The molecule has 0 saturated heterocycles. The Labute approximate surface area is 106 Å². The van der Waals surface area contributed by atoms with Gasteiger partial charge in [0, 0.05) is 25.3 Å². The van der Waals surface area contributed by atoms with Gasteiger partial charge in [-0.3, -0.25) is 4.90 Å². The first-order valence-corrected chi connectivity index (χ1v) is 5.94. The molecule has 96 valence electrons. The molecule has 0 aliphatic heterocycles. The second-order valence-electron chi connectivity index (χ2n) is 4.22. The van der Waals surface area contributed by atoms with Gasteiger partial charge < -0.3 is 0 Å². The van der Waals surface area contributed by atoms with Gasteiger partial charge >= 0.3 is 0 Å². The predicted molar refractivity (Wildman–Crippen MR) is 65.5 cm³/mol. The molecule has 0 fully saturated rings. The van der Waals surface area contributed by atoms with E-state index < -0.39 is 0 Å². The zero-order valence-corrected chi connectivity index (χ0v) is 10.6. The zero-order chi connectivity index (χ0) is 12.8. The van der Waals surface area contributed by atoms with Crippen LogP contribution in [0.4, 0.5) is 0 Å². The number of hydrogen-bond acceptors (Lipinski definition) is 6. The number of aryl methyl sites for hydroxylation is 1. The molecule has 2 heterocycles. The Morgan fingerprint density at radius 2 is 2.33 bits per heavy atom. The summed E-state index contributed by atoms with van der Waals surface area (Å²) in [7, 11) is 2.09. The van der Waals surface area contributed by atoms with Crippen LogP contribution in [0.2, 0.25) is 0 Å². The molecule has 0 aromatic carbocycles. The normalized spacial score (nSPS) is 12.8. The molecule has 7 heteroatoms. The molecule has 0 radical (unpaired) electrons. The van der Waals surface area contributed by atoms with E-state index >= 15 is 0 Å². The van der Waals surface area contributed by atoms with Crippen molar-refractivity contribution in [3.05, 3.63) is 30.6 Å². The van der Waals surface area contributed by atoms with Crippen LogP contribution in [0.15, 0.2) is 24.9 Å². The van der Waals surface area contributed by atoms with E-state index in [1.807, 2.05) is 6.07 Å². The van der Waals surface area contributed by atoms with Gasteiger partial charge in [0.05, 0.1) is 5.69 Å². The van der Waals surface area contributed by atoms with Gasteiger partial charge in [0.2, 0.25) is 0 Å². The quantitative estimate of drug-likeness (QED) is 0.742. The number of rotatable bonds is 6. The fraction of sp³-hybridized carbons (Fsp3) is 0.545. The van der Waals surface area contributed by atoms with Crippen LogP contribution in [0.1, 0.15) is 25.1 Å². The van der Waals surface area contributed by atoms with Crippen molar-refractivity contribution < 1.29 is 0 Å². The second-order valence-corrected chi connectivity index (χ2v) is 4.22. The first-order chi connectivity index (χ1) is 8.77. The Kier molecular flexibility index (Phi) is 4.30. The highest BCUT2D eigenvalue weighted by atomic mass is 15.5. The number of nitrogens with zero attached hydrogens (tertiary/aromatic N) is 7. The Morgan fingerprint density at radius 3 is 3.00 bits per heavy atom. The van der Waals surface area contributed by atoms with Crippen molar-refractivity contribution in [2.45, 2.75) is 25.9 Å². The van der Waals surface area contributed by atoms with Gasteiger partial charge in [-0.15, -0.1) is 5.10 Å². The molecule has 0 aliphatic carbocycles. The highest BCUT2D eigenvalue weighted by Crippen LogP contribution is 2.15. The number of tetrazole rings is 1. The zero-order valence-electron chi connectivity index (χ0n) is 10.6. The lowest BCUT2D eigenvalue weighted by atomic mass is 10.2. The van der Waals surface area contributed by atoms with E-state index in [1.165, 1.54) is 0 Å². The van der Waals surface area contributed by atoms with Crippen LogP contribution in [-0.2, 0) is 6.54 Å². The lowest BCUT2D eigenvalue weighted by Crippen LogP contribution is -2.25. The van der Waals surface area contributed by atoms with E-state index in [0.717, 1.165) is 25.2 Å². The van der Waals surface area contributed by atoms with Crippen molar-refractivity contribution in [1.82, 2.24) is 35.1 Å². The summed E-state index contributed by atoms with van der Waals surface area (Å²) in [6.45, 7) is 3.93. The summed E-state index contributed by atoms with van der Waals surface area (Å²) in [6, 6.07) is 2.23. The minimum absolute atomic E-state index is 0.280. The molecular weight excluding hydrogens is 230 g/mol. The summed E-state index contributed by atoms with van der Waals surface area (Å²) in [5.41, 5.74) is 1.04. The predicted octanol–water partition coefficient (Wildman–Crippen LogP) is 0.546. The lowest BCUT2D eigenvalue weighted by Gasteiger charge is -2.23. The van der Waals surface area contributed by atoms with Gasteiger partial charge in [-0.05, 0) is 36.9 Å². The summed E-state index contributed by atoms with van der Waals surface area (Å²) >= 11 is 0. The van der Waals surface area contributed by atoms with Crippen LogP contribution >= 0.6 is 0 Å². The van der Waals surface area contributed by atoms with Crippen molar-refractivity contribution in [2.24, 2.45) is 0 Å². The average molecular weight is 247 g/mol. The van der Waals surface area contributed by atoms with Crippen LogP contribution in [0.25, 0.3) is 0 Å². The van der Waals surface area contributed by atoms with Gasteiger partial charge in [0.15, 0.2) is 0 Å². The number of hydrogen-bond donors (Lipinski definition) is 0. The van der Waals surface area contributed by atoms with E-state index in [1.54, 1.807) is 23.5 Å². The smallest absolute Gasteiger partial charge is 0.138 e. The highest BCUT2D eigenvalue weighted by Gasteiger charge is 2.12. The van der Waals surface area contributed by atoms with Crippen LogP contribution in [0, 0.1) is 0 Å². The summed E-state index contributed by atoms with van der Waals surface area (Å²) in [6.07, 6.45) is 5.99. The molecule has 1 atom stereocenters. The van der Waals surface area contributed by atoms with Crippen molar-refractivity contribution in [1.29, 1.82) is 0 Å². The number of aromatic nitrogens is 6. The molecule has 0 bridgehead atoms. The first kappa shape index (κ1) is 12.6. The molecule has 7 nitrogen and oxygen atoms in total. The van der Waals surface area contributed by atoms with Gasteiger partial charge in [-0.1, -0.05) is 0 Å². The van der Waals surface area contributed by atoms with E-state index in [-0.39, 0.29) is 6.04 Å². The van der Waals surface area contributed by atoms with E-state index in [0.29, 0.717) is 0 Å². The van der Waals surface area contributed by atoms with Gasteiger partial charge in [-0.25, -0.2) is 14.6 Å². The van der Waals surface area contributed by atoms with Gasteiger partial charge in [0.1, 0.15) is 12.7 Å². The molecule has 0 aliphatic rings. The van der Waals surface area contributed by atoms with Gasteiger partial charge in [-0.2, -0.15) is 0 Å². The minimum atomic E-state index is 0.280. The second kappa shape index (κ2) is 6.15. The molecule has 0 unspecified atom stereocenters. The fourth-order valence-electron chi connectivity index (χ4n) is 1.73. The van der Waals surface area contributed by atoms with E-state index in [9.17, 15) is 0 Å². The molecule has 2 rings (SSSR count). The average Bonchev–Trinajstić information content (AvgIpc) is 2.92. The Morgan fingerprint density at radius 1 is 1.44 bits per heavy atom. The summed E-state index contributed by atoms with van der Waals surface area (Å²) in [4.78, 5) is 10.5. The SMILES string of the molecule is C[C@H](c1ccncn1)N(C)CCCn1cnnn1. The Hall–Kier alpha value is -1.89. The molecule has 0 saturated carbocycles. The maximum absolute atomic E-state index is 4.27. The molecule has 0 N–H and O–H groups in total. The molecule has 2 aromatic rings. The Bertz CT molecular complexity index is 442. The molecular formula is C11H17N7. The van der Waals surface area contributed by atoms with Crippen molar-refractivity contribution >= 4 is 0 Å². The highest BCUT2D eigenvalue weighted by molar-refractivity contribution is 5.03. The largest absolute Gasteiger partial charge is 0.298 e. The summed E-state index contributed by atoms with van der Waals surface area (Å²) in [5.74, 6) is 0.